The minimum absolute atomic E-state index is 0.105. The zero-order valence-electron chi connectivity index (χ0n) is 19.3. The summed E-state index contributed by atoms with van der Waals surface area (Å²) in [7, 11) is 0. The van der Waals surface area contributed by atoms with E-state index in [1.807, 2.05) is 44.2 Å². The first-order chi connectivity index (χ1) is 15.9. The van der Waals surface area contributed by atoms with Gasteiger partial charge in [-0.3, -0.25) is 9.69 Å². The average Bonchev–Trinajstić information content (AvgIpc) is 3.05. The molecular formula is C26H29NO4S2. The van der Waals surface area contributed by atoms with Crippen LogP contribution in [-0.2, 0) is 4.79 Å². The van der Waals surface area contributed by atoms with Crippen LogP contribution in [0.1, 0.15) is 30.0 Å². The lowest BCUT2D eigenvalue weighted by Crippen LogP contribution is -2.27. The molecule has 5 nitrogen and oxygen atoms in total. The van der Waals surface area contributed by atoms with Crippen molar-refractivity contribution in [3.05, 3.63) is 70.6 Å². The molecule has 0 unspecified atom stereocenters. The second-order valence-electron chi connectivity index (χ2n) is 7.54. The van der Waals surface area contributed by atoms with Gasteiger partial charge in [0, 0.05) is 13.0 Å². The molecule has 0 spiro atoms. The summed E-state index contributed by atoms with van der Waals surface area (Å²) in [4.78, 5) is 14.7. The number of hydrogen-bond donors (Lipinski definition) is 0. The predicted molar refractivity (Wildman–Crippen MR) is 139 cm³/mol. The number of rotatable bonds is 11. The monoisotopic (exact) mass is 483 g/mol. The fourth-order valence-electron chi connectivity index (χ4n) is 3.23. The maximum atomic E-state index is 12.6. The Morgan fingerprint density at radius 1 is 1.03 bits per heavy atom. The van der Waals surface area contributed by atoms with Crippen LogP contribution in [-0.4, -0.2) is 41.5 Å². The lowest BCUT2D eigenvalue weighted by molar-refractivity contribution is -0.121. The molecule has 0 atom stereocenters. The Kier molecular flexibility index (Phi) is 8.97. The Labute approximate surface area is 205 Å². The van der Waals surface area contributed by atoms with Gasteiger partial charge in [0.05, 0.1) is 24.7 Å². The van der Waals surface area contributed by atoms with E-state index in [-0.39, 0.29) is 5.91 Å². The van der Waals surface area contributed by atoms with Gasteiger partial charge in [-0.05, 0) is 61.7 Å². The maximum Gasteiger partial charge on any atom is 0.266 e. The largest absolute Gasteiger partial charge is 0.493 e. The molecule has 0 aliphatic carbocycles. The van der Waals surface area contributed by atoms with E-state index >= 15 is 0 Å². The summed E-state index contributed by atoms with van der Waals surface area (Å²) in [6.07, 6.45) is 4.24. The van der Waals surface area contributed by atoms with E-state index in [4.69, 9.17) is 26.4 Å². The molecule has 1 amide bonds. The van der Waals surface area contributed by atoms with E-state index in [0.29, 0.717) is 47.1 Å². The first kappa shape index (κ1) is 24.9. The van der Waals surface area contributed by atoms with Gasteiger partial charge >= 0.3 is 0 Å². The minimum atomic E-state index is -0.105. The summed E-state index contributed by atoms with van der Waals surface area (Å²) in [5, 5.41) is 0. The second-order valence-corrected chi connectivity index (χ2v) is 9.22. The molecule has 0 N–H and O–H groups in total. The van der Waals surface area contributed by atoms with Crippen molar-refractivity contribution < 1.29 is 19.0 Å². The van der Waals surface area contributed by atoms with Crippen molar-refractivity contribution in [3.63, 3.8) is 0 Å². The van der Waals surface area contributed by atoms with Gasteiger partial charge in [-0.1, -0.05) is 48.3 Å². The third-order valence-corrected chi connectivity index (χ3v) is 6.28. The Morgan fingerprint density at radius 3 is 2.52 bits per heavy atom. The molecule has 2 aromatic rings. The normalized spacial score (nSPS) is 14.6. The van der Waals surface area contributed by atoms with Gasteiger partial charge in [-0.15, -0.1) is 6.58 Å². The van der Waals surface area contributed by atoms with Crippen molar-refractivity contribution in [2.24, 2.45) is 0 Å². The van der Waals surface area contributed by atoms with E-state index in [9.17, 15) is 4.79 Å². The summed E-state index contributed by atoms with van der Waals surface area (Å²) in [6.45, 7) is 11.7. The van der Waals surface area contributed by atoms with Crippen molar-refractivity contribution in [2.75, 3.05) is 26.4 Å². The number of amides is 1. The number of carbonyl (C=O) groups excluding carboxylic acids is 1. The highest BCUT2D eigenvalue weighted by molar-refractivity contribution is 8.26. The highest BCUT2D eigenvalue weighted by Crippen LogP contribution is 2.35. The Morgan fingerprint density at radius 2 is 1.79 bits per heavy atom. The molecule has 1 aliphatic heterocycles. The molecule has 3 rings (SSSR count). The number of thioether (sulfide) groups is 1. The van der Waals surface area contributed by atoms with Crippen LogP contribution in [0.4, 0.5) is 0 Å². The van der Waals surface area contributed by atoms with Crippen LogP contribution in [0.3, 0.4) is 0 Å². The molecule has 1 heterocycles. The van der Waals surface area contributed by atoms with Gasteiger partial charge in [-0.25, -0.2) is 0 Å². The summed E-state index contributed by atoms with van der Waals surface area (Å²) in [5.74, 6) is 2.11. The van der Waals surface area contributed by atoms with Crippen LogP contribution >= 0.6 is 24.0 Å². The molecule has 1 fully saturated rings. The Hall–Kier alpha value is -2.77. The summed E-state index contributed by atoms with van der Waals surface area (Å²) >= 11 is 6.60. The minimum Gasteiger partial charge on any atom is -0.493 e. The summed E-state index contributed by atoms with van der Waals surface area (Å²) in [5.41, 5.74) is 3.15. The Bertz CT molecular complexity index is 1060. The first-order valence-electron chi connectivity index (χ1n) is 10.9. The van der Waals surface area contributed by atoms with Crippen molar-refractivity contribution in [1.29, 1.82) is 0 Å². The zero-order chi connectivity index (χ0) is 23.8. The highest BCUT2D eigenvalue weighted by Gasteiger charge is 2.31. The molecule has 0 bridgehead atoms. The molecule has 1 saturated heterocycles. The van der Waals surface area contributed by atoms with Gasteiger partial charge in [0.2, 0.25) is 0 Å². The van der Waals surface area contributed by atoms with Crippen molar-refractivity contribution in [2.45, 2.75) is 27.2 Å². The quantitative estimate of drug-likeness (QED) is 0.171. The van der Waals surface area contributed by atoms with E-state index < -0.39 is 0 Å². The van der Waals surface area contributed by atoms with Crippen LogP contribution in [0.15, 0.2) is 54.0 Å². The van der Waals surface area contributed by atoms with Crippen LogP contribution in [0.2, 0.25) is 0 Å². The number of carbonyl (C=O) groups is 1. The molecular weight excluding hydrogens is 454 g/mol. The zero-order valence-corrected chi connectivity index (χ0v) is 20.9. The van der Waals surface area contributed by atoms with E-state index in [1.54, 1.807) is 11.0 Å². The van der Waals surface area contributed by atoms with Gasteiger partial charge in [0.1, 0.15) is 10.1 Å². The second kappa shape index (κ2) is 11.9. The molecule has 33 heavy (non-hydrogen) atoms. The van der Waals surface area contributed by atoms with Gasteiger partial charge in [-0.2, -0.15) is 0 Å². The number of benzene rings is 2. The van der Waals surface area contributed by atoms with Crippen molar-refractivity contribution in [3.8, 4) is 17.2 Å². The third kappa shape index (κ3) is 6.62. The maximum absolute atomic E-state index is 12.6. The van der Waals surface area contributed by atoms with Crippen LogP contribution < -0.4 is 14.2 Å². The first-order valence-corrected chi connectivity index (χ1v) is 12.1. The number of nitrogens with zero attached hydrogens (tertiary/aromatic N) is 1. The highest BCUT2D eigenvalue weighted by atomic mass is 32.2. The smallest absolute Gasteiger partial charge is 0.266 e. The molecule has 174 valence electrons. The van der Waals surface area contributed by atoms with E-state index in [2.05, 4.69) is 25.6 Å². The third-order valence-electron chi connectivity index (χ3n) is 4.90. The van der Waals surface area contributed by atoms with Gasteiger partial charge < -0.3 is 14.2 Å². The van der Waals surface area contributed by atoms with Gasteiger partial charge in [0.25, 0.3) is 5.91 Å². The standard InChI is InChI=1S/C26H29NO4S2/c1-5-12-27-25(28)24(33-26(27)32)17-20-10-11-21(23(16-20)29-6-2)30-13-7-14-31-22-15-18(3)8-9-19(22)4/h5,8-11,15-17H,1,6-7,12-14H2,2-4H3. The van der Waals surface area contributed by atoms with E-state index in [0.717, 1.165) is 23.3 Å². The predicted octanol–water partition coefficient (Wildman–Crippen LogP) is 5.94. The van der Waals surface area contributed by atoms with Crippen LogP contribution in [0.25, 0.3) is 6.08 Å². The lowest BCUT2D eigenvalue weighted by atomic mass is 10.1. The van der Waals surface area contributed by atoms with Crippen molar-refractivity contribution >= 4 is 40.3 Å². The number of thiocarbonyl (C=S) groups is 1. The van der Waals surface area contributed by atoms with Crippen LogP contribution in [0.5, 0.6) is 17.2 Å². The number of aryl methyl sites for hydroxylation is 2. The number of hydrogen-bond acceptors (Lipinski definition) is 6. The van der Waals surface area contributed by atoms with Gasteiger partial charge in [0.15, 0.2) is 11.5 Å². The molecule has 2 aromatic carbocycles. The molecule has 7 heteroatoms. The molecule has 0 aromatic heterocycles. The average molecular weight is 484 g/mol. The molecule has 1 aliphatic rings. The summed E-state index contributed by atoms with van der Waals surface area (Å²) < 4.78 is 18.2. The Balaban J connectivity index is 1.60. The molecule has 0 saturated carbocycles. The van der Waals surface area contributed by atoms with Crippen LogP contribution in [0, 0.1) is 13.8 Å². The molecule has 0 radical (unpaired) electrons. The topological polar surface area (TPSA) is 48.0 Å². The number of ether oxygens (including phenoxy) is 3. The lowest BCUT2D eigenvalue weighted by Gasteiger charge is -2.14. The fourth-order valence-corrected chi connectivity index (χ4v) is 4.50. The van der Waals surface area contributed by atoms with Crippen molar-refractivity contribution in [1.82, 2.24) is 4.90 Å². The SMILES string of the molecule is C=CCN1C(=O)C(=Cc2ccc(OCCCOc3cc(C)ccc3C)c(OCC)c2)SC1=S. The van der Waals surface area contributed by atoms with E-state index in [1.165, 1.54) is 17.3 Å². The fraction of sp³-hybridized carbons (Fsp3) is 0.308. The summed E-state index contributed by atoms with van der Waals surface area (Å²) in [6, 6.07) is 11.8.